The summed E-state index contributed by atoms with van der Waals surface area (Å²) in [5, 5.41) is 18.4. The second-order valence-electron chi connectivity index (χ2n) is 12.8. The zero-order valence-electron chi connectivity index (χ0n) is 24.9. The monoisotopic (exact) mass is 640 g/mol. The first-order valence-corrected chi connectivity index (χ1v) is 15.4. The number of H-pyrrole nitrogens is 1. The number of nitrogens with zero attached hydrogens (tertiary/aromatic N) is 8. The normalized spacial score (nSPS) is 24.2. The first-order valence-electron chi connectivity index (χ1n) is 15.4. The molecule has 1 aliphatic carbocycles. The zero-order valence-corrected chi connectivity index (χ0v) is 24.9. The van der Waals surface area contributed by atoms with E-state index in [9.17, 15) is 27.2 Å². The van der Waals surface area contributed by atoms with Crippen LogP contribution in [0.3, 0.4) is 0 Å². The van der Waals surface area contributed by atoms with Gasteiger partial charge in [0.2, 0.25) is 0 Å². The molecule has 0 spiro atoms. The van der Waals surface area contributed by atoms with Crippen LogP contribution in [0.2, 0.25) is 0 Å². The van der Waals surface area contributed by atoms with Crippen molar-refractivity contribution in [3.05, 3.63) is 54.4 Å². The third kappa shape index (κ3) is 6.03. The van der Waals surface area contributed by atoms with E-state index in [1.165, 1.54) is 11.2 Å². The van der Waals surface area contributed by atoms with Crippen LogP contribution in [-0.4, -0.2) is 83.7 Å². The second kappa shape index (κ2) is 11.6. The van der Waals surface area contributed by atoms with Crippen LogP contribution in [0.25, 0.3) is 22.3 Å². The highest BCUT2D eigenvalue weighted by atomic mass is 19.4. The molecule has 3 fully saturated rings. The molecule has 0 atom stereocenters. The summed E-state index contributed by atoms with van der Waals surface area (Å²) in [6.45, 7) is 1.17. The number of likely N-dealkylation sites (tertiary alicyclic amines) is 2. The quantitative estimate of drug-likeness (QED) is 0.246. The van der Waals surface area contributed by atoms with Crippen LogP contribution in [0.4, 0.5) is 27.8 Å². The van der Waals surface area contributed by atoms with Crippen molar-refractivity contribution in [2.45, 2.75) is 74.8 Å². The molecule has 0 radical (unpaired) electrons. The number of rotatable bonds is 8. The number of piperidine rings is 1. The zero-order chi connectivity index (χ0) is 32.1. The van der Waals surface area contributed by atoms with Gasteiger partial charge in [-0.2, -0.15) is 23.5 Å². The molecule has 10 nitrogen and oxygen atoms in total. The average molecular weight is 641 g/mol. The van der Waals surface area contributed by atoms with Gasteiger partial charge in [0.1, 0.15) is 23.5 Å². The highest BCUT2D eigenvalue weighted by Gasteiger charge is 2.49. The van der Waals surface area contributed by atoms with Crippen molar-refractivity contribution in [2.24, 2.45) is 0 Å². The molecular weight excluding hydrogens is 607 g/mol. The van der Waals surface area contributed by atoms with E-state index in [1.54, 1.807) is 12.3 Å². The van der Waals surface area contributed by atoms with Gasteiger partial charge < -0.3 is 15.2 Å². The Balaban J connectivity index is 0.981. The summed E-state index contributed by atoms with van der Waals surface area (Å²) in [4.78, 5) is 19.5. The van der Waals surface area contributed by atoms with E-state index < -0.39 is 29.9 Å². The molecule has 0 bridgehead atoms. The van der Waals surface area contributed by atoms with Crippen molar-refractivity contribution < 1.29 is 22.0 Å². The maximum Gasteiger partial charge on any atom is 0.433 e. The lowest BCUT2D eigenvalue weighted by Crippen LogP contribution is -2.58. The standard InChI is InChI=1S/C31H33F5N10/c32-30(33)5-10-44(18-30)16-20-11-25(31(34,35)36)43-26(12-20)42-22-2-8-45(9-3-22)23-13-29(14-23,4-6-37)46-17-21(15-41-46)27-24-1-7-38-28(24)40-19-39-27/h1,7,11-12,15,17,19,22-23H,2-5,8-10,13-14,16,18H2,(H,42,43)(H,38,39,40)/t23-,29-. The van der Waals surface area contributed by atoms with Gasteiger partial charge in [-0.1, -0.05) is 0 Å². The van der Waals surface area contributed by atoms with Crippen LogP contribution in [0.1, 0.15) is 49.8 Å². The van der Waals surface area contributed by atoms with Gasteiger partial charge in [0.25, 0.3) is 5.92 Å². The Labute approximate surface area is 261 Å². The Bertz CT molecular complexity index is 1740. The predicted octanol–water partition coefficient (Wildman–Crippen LogP) is 5.42. The molecular formula is C31H33F5N10. The summed E-state index contributed by atoms with van der Waals surface area (Å²) in [5.41, 5.74) is 1.22. The van der Waals surface area contributed by atoms with E-state index in [-0.39, 0.29) is 37.4 Å². The third-order valence-electron chi connectivity index (χ3n) is 9.56. The van der Waals surface area contributed by atoms with Crippen molar-refractivity contribution in [3.63, 3.8) is 0 Å². The van der Waals surface area contributed by atoms with Crippen LogP contribution < -0.4 is 5.32 Å². The summed E-state index contributed by atoms with van der Waals surface area (Å²) in [5.74, 6) is -2.71. The molecule has 242 valence electrons. The van der Waals surface area contributed by atoms with Crippen LogP contribution in [0.15, 0.2) is 43.1 Å². The van der Waals surface area contributed by atoms with Gasteiger partial charge in [0.15, 0.2) is 0 Å². The number of hydrogen-bond acceptors (Lipinski definition) is 8. The van der Waals surface area contributed by atoms with Crippen molar-refractivity contribution in [2.75, 3.05) is 31.5 Å². The number of nitrogens with one attached hydrogen (secondary N) is 2. The lowest BCUT2D eigenvalue weighted by Gasteiger charge is -2.52. The lowest BCUT2D eigenvalue weighted by atomic mass is 9.69. The van der Waals surface area contributed by atoms with Gasteiger partial charge in [-0.15, -0.1) is 0 Å². The minimum Gasteiger partial charge on any atom is -0.367 e. The van der Waals surface area contributed by atoms with E-state index >= 15 is 0 Å². The van der Waals surface area contributed by atoms with Gasteiger partial charge in [0, 0.05) is 68.0 Å². The molecule has 7 rings (SSSR count). The molecule has 0 unspecified atom stereocenters. The molecule has 3 aliphatic rings. The van der Waals surface area contributed by atoms with Gasteiger partial charge >= 0.3 is 6.18 Å². The molecule has 4 aromatic heterocycles. The van der Waals surface area contributed by atoms with Crippen molar-refractivity contribution >= 4 is 16.9 Å². The number of aromatic amines is 1. The Morgan fingerprint density at radius 2 is 1.91 bits per heavy atom. The van der Waals surface area contributed by atoms with Gasteiger partial charge in [-0.3, -0.25) is 9.58 Å². The molecule has 2 saturated heterocycles. The first-order chi connectivity index (χ1) is 22.0. The number of aromatic nitrogens is 6. The maximum absolute atomic E-state index is 13.7. The molecule has 0 aromatic carbocycles. The molecule has 46 heavy (non-hydrogen) atoms. The number of halogens is 5. The summed E-state index contributed by atoms with van der Waals surface area (Å²) < 4.78 is 70.2. The molecule has 6 heterocycles. The number of anilines is 1. The molecule has 0 amide bonds. The van der Waals surface area contributed by atoms with E-state index in [2.05, 4.69) is 41.3 Å². The van der Waals surface area contributed by atoms with Crippen molar-refractivity contribution in [1.82, 2.24) is 39.5 Å². The third-order valence-corrected chi connectivity index (χ3v) is 9.56. The van der Waals surface area contributed by atoms with E-state index in [4.69, 9.17) is 0 Å². The second-order valence-corrected chi connectivity index (χ2v) is 12.8. The SMILES string of the molecule is N#CC[C@]1(n2cc(-c3ncnc4[nH]ccc34)cn2)C[C@H](N2CCC(Nc3cc(CN4CCC(F)(F)C4)cc(C(F)(F)F)n3)CC2)C1. The number of pyridine rings is 1. The fourth-order valence-corrected chi connectivity index (χ4v) is 7.16. The van der Waals surface area contributed by atoms with Crippen LogP contribution in [0, 0.1) is 11.3 Å². The molecule has 2 N–H and O–H groups in total. The highest BCUT2D eigenvalue weighted by molar-refractivity contribution is 5.90. The molecule has 15 heteroatoms. The Hall–Kier alpha value is -4.16. The Kier molecular flexibility index (Phi) is 7.67. The molecule has 1 saturated carbocycles. The van der Waals surface area contributed by atoms with E-state index in [0.29, 0.717) is 24.8 Å². The molecule has 4 aromatic rings. The first kappa shape index (κ1) is 30.5. The summed E-state index contributed by atoms with van der Waals surface area (Å²) in [6.07, 6.45) is 5.36. The minimum absolute atomic E-state index is 0.00765. The van der Waals surface area contributed by atoms with Crippen LogP contribution in [-0.2, 0) is 18.3 Å². The van der Waals surface area contributed by atoms with Crippen LogP contribution in [0.5, 0.6) is 0 Å². The topological polar surface area (TPSA) is 115 Å². The summed E-state index contributed by atoms with van der Waals surface area (Å²) in [7, 11) is 0. The van der Waals surface area contributed by atoms with E-state index in [0.717, 1.165) is 54.3 Å². The number of alkyl halides is 5. The largest absolute Gasteiger partial charge is 0.433 e. The lowest BCUT2D eigenvalue weighted by molar-refractivity contribution is -0.141. The maximum atomic E-state index is 13.7. The highest BCUT2D eigenvalue weighted by Crippen LogP contribution is 2.46. The van der Waals surface area contributed by atoms with Gasteiger partial charge in [-0.25, -0.2) is 23.7 Å². The Morgan fingerprint density at radius 1 is 1.11 bits per heavy atom. The smallest absolute Gasteiger partial charge is 0.367 e. The predicted molar refractivity (Wildman–Crippen MR) is 159 cm³/mol. The Morgan fingerprint density at radius 3 is 2.63 bits per heavy atom. The summed E-state index contributed by atoms with van der Waals surface area (Å²) >= 11 is 0. The number of nitriles is 1. The summed E-state index contributed by atoms with van der Waals surface area (Å²) in [6, 6.07) is 6.94. The minimum atomic E-state index is -4.65. The average Bonchev–Trinajstić information content (AvgIpc) is 3.75. The number of hydrogen-bond donors (Lipinski definition) is 2. The van der Waals surface area contributed by atoms with Crippen molar-refractivity contribution in [3.8, 4) is 17.3 Å². The molecule has 2 aliphatic heterocycles. The van der Waals surface area contributed by atoms with Crippen molar-refractivity contribution in [1.29, 1.82) is 5.26 Å². The van der Waals surface area contributed by atoms with Gasteiger partial charge in [0.05, 0.1) is 36.5 Å². The van der Waals surface area contributed by atoms with Gasteiger partial charge in [-0.05, 0) is 49.4 Å². The van der Waals surface area contributed by atoms with E-state index in [1.807, 2.05) is 23.1 Å². The fraction of sp³-hybridized carbons (Fsp3) is 0.516. The fourth-order valence-electron chi connectivity index (χ4n) is 7.16. The number of fused-ring (bicyclic) bond motifs is 1. The van der Waals surface area contributed by atoms with Crippen LogP contribution >= 0.6 is 0 Å².